The number of amides is 2. The standard InChI is InChI=1S/C21H22F2N2O2/c1-14-2-4-15(5-3-14)12-20(26)25-10-8-16(9-11-25)21(27)24-17-6-7-18(22)19(23)13-17/h2-7,13,16H,8-12H2,1H3,(H,24,27). The van der Waals surface area contributed by atoms with Gasteiger partial charge < -0.3 is 10.2 Å². The van der Waals surface area contributed by atoms with Crippen molar-refractivity contribution in [1.82, 2.24) is 4.90 Å². The van der Waals surface area contributed by atoms with Crippen molar-refractivity contribution in [2.24, 2.45) is 5.92 Å². The van der Waals surface area contributed by atoms with Crippen LogP contribution in [-0.2, 0) is 16.0 Å². The number of likely N-dealkylation sites (tertiary alicyclic amines) is 1. The monoisotopic (exact) mass is 372 g/mol. The van der Waals surface area contributed by atoms with Gasteiger partial charge in [0.15, 0.2) is 11.6 Å². The van der Waals surface area contributed by atoms with Crippen LogP contribution in [0.1, 0.15) is 24.0 Å². The average Bonchev–Trinajstić information content (AvgIpc) is 2.66. The Morgan fingerprint density at radius 3 is 2.33 bits per heavy atom. The first-order valence-electron chi connectivity index (χ1n) is 9.01. The number of carbonyl (C=O) groups is 2. The number of hydrogen-bond acceptors (Lipinski definition) is 2. The molecule has 1 saturated heterocycles. The van der Waals surface area contributed by atoms with Crippen molar-refractivity contribution in [2.45, 2.75) is 26.2 Å². The molecule has 0 aromatic heterocycles. The molecule has 2 aromatic carbocycles. The third-order valence-electron chi connectivity index (χ3n) is 4.88. The lowest BCUT2D eigenvalue weighted by Crippen LogP contribution is -2.42. The highest BCUT2D eigenvalue weighted by Crippen LogP contribution is 2.21. The fraction of sp³-hybridized carbons (Fsp3) is 0.333. The Morgan fingerprint density at radius 2 is 1.70 bits per heavy atom. The molecule has 0 aliphatic carbocycles. The molecule has 1 fully saturated rings. The molecule has 1 aliphatic heterocycles. The molecule has 0 saturated carbocycles. The summed E-state index contributed by atoms with van der Waals surface area (Å²) in [7, 11) is 0. The van der Waals surface area contributed by atoms with Crippen molar-refractivity contribution in [1.29, 1.82) is 0 Å². The number of benzene rings is 2. The molecular weight excluding hydrogens is 350 g/mol. The van der Waals surface area contributed by atoms with E-state index in [-0.39, 0.29) is 23.4 Å². The van der Waals surface area contributed by atoms with E-state index in [2.05, 4.69) is 5.32 Å². The second kappa shape index (κ2) is 8.29. The molecule has 0 atom stereocenters. The van der Waals surface area contributed by atoms with Crippen LogP contribution in [0.5, 0.6) is 0 Å². The van der Waals surface area contributed by atoms with Crippen molar-refractivity contribution in [3.05, 3.63) is 65.2 Å². The topological polar surface area (TPSA) is 49.4 Å². The van der Waals surface area contributed by atoms with Crippen LogP contribution in [0.3, 0.4) is 0 Å². The molecule has 3 rings (SSSR count). The van der Waals surface area contributed by atoms with Gasteiger partial charge in [-0.1, -0.05) is 29.8 Å². The van der Waals surface area contributed by atoms with Gasteiger partial charge in [0.05, 0.1) is 6.42 Å². The average molecular weight is 372 g/mol. The number of piperidine rings is 1. The van der Waals surface area contributed by atoms with Gasteiger partial charge >= 0.3 is 0 Å². The highest BCUT2D eigenvalue weighted by Gasteiger charge is 2.27. The maximum absolute atomic E-state index is 13.2. The van der Waals surface area contributed by atoms with E-state index in [4.69, 9.17) is 0 Å². The molecule has 4 nitrogen and oxygen atoms in total. The summed E-state index contributed by atoms with van der Waals surface area (Å²) in [6, 6.07) is 11.2. The Hall–Kier alpha value is -2.76. The fourth-order valence-electron chi connectivity index (χ4n) is 3.20. The molecule has 0 unspecified atom stereocenters. The van der Waals surface area contributed by atoms with Crippen LogP contribution in [0.25, 0.3) is 0 Å². The Balaban J connectivity index is 1.50. The number of anilines is 1. The first-order chi connectivity index (χ1) is 12.9. The number of carbonyl (C=O) groups excluding carboxylic acids is 2. The fourth-order valence-corrected chi connectivity index (χ4v) is 3.20. The van der Waals surface area contributed by atoms with E-state index in [0.29, 0.717) is 32.4 Å². The van der Waals surface area contributed by atoms with E-state index >= 15 is 0 Å². The first kappa shape index (κ1) is 19.0. The molecule has 2 amide bonds. The Morgan fingerprint density at radius 1 is 1.04 bits per heavy atom. The van der Waals surface area contributed by atoms with Crippen LogP contribution in [0, 0.1) is 24.5 Å². The zero-order chi connectivity index (χ0) is 19.4. The predicted molar refractivity (Wildman–Crippen MR) is 99.2 cm³/mol. The summed E-state index contributed by atoms with van der Waals surface area (Å²) < 4.78 is 26.2. The predicted octanol–water partition coefficient (Wildman–Crippen LogP) is 3.69. The van der Waals surface area contributed by atoms with Gasteiger partial charge in [-0.15, -0.1) is 0 Å². The van der Waals surface area contributed by atoms with Gasteiger partial charge in [-0.2, -0.15) is 0 Å². The molecule has 0 bridgehead atoms. The van der Waals surface area contributed by atoms with Crippen LogP contribution in [-0.4, -0.2) is 29.8 Å². The summed E-state index contributed by atoms with van der Waals surface area (Å²) in [5.41, 5.74) is 2.36. The summed E-state index contributed by atoms with van der Waals surface area (Å²) in [6.45, 7) is 3.03. The van der Waals surface area contributed by atoms with Crippen LogP contribution >= 0.6 is 0 Å². The van der Waals surface area contributed by atoms with Gasteiger partial charge in [0.25, 0.3) is 0 Å². The van der Waals surface area contributed by atoms with Crippen LogP contribution in [0.4, 0.5) is 14.5 Å². The zero-order valence-corrected chi connectivity index (χ0v) is 15.2. The second-order valence-corrected chi connectivity index (χ2v) is 6.94. The van der Waals surface area contributed by atoms with Crippen molar-refractivity contribution < 1.29 is 18.4 Å². The minimum absolute atomic E-state index is 0.0540. The molecule has 1 N–H and O–H groups in total. The molecule has 1 aliphatic rings. The lowest BCUT2D eigenvalue weighted by Gasteiger charge is -2.31. The van der Waals surface area contributed by atoms with Gasteiger partial charge in [-0.05, 0) is 37.5 Å². The van der Waals surface area contributed by atoms with E-state index in [1.807, 2.05) is 31.2 Å². The lowest BCUT2D eigenvalue weighted by atomic mass is 9.95. The number of aryl methyl sites for hydroxylation is 1. The smallest absolute Gasteiger partial charge is 0.227 e. The minimum atomic E-state index is -0.996. The number of nitrogens with zero attached hydrogens (tertiary/aromatic N) is 1. The van der Waals surface area contributed by atoms with Crippen LogP contribution in [0.15, 0.2) is 42.5 Å². The summed E-state index contributed by atoms with van der Waals surface area (Å²) >= 11 is 0. The largest absolute Gasteiger partial charge is 0.342 e. The Bertz CT molecular complexity index is 829. The summed E-state index contributed by atoms with van der Waals surface area (Å²) in [5.74, 6) is -2.37. The van der Waals surface area contributed by atoms with Gasteiger partial charge in [-0.3, -0.25) is 9.59 Å². The summed E-state index contributed by atoms with van der Waals surface area (Å²) in [5, 5.41) is 2.62. The van der Waals surface area contributed by atoms with Crippen molar-refractivity contribution in [3.8, 4) is 0 Å². The molecule has 6 heteroatoms. The Kier molecular flexibility index (Phi) is 5.84. The summed E-state index contributed by atoms with van der Waals surface area (Å²) in [4.78, 5) is 26.5. The first-order valence-corrected chi connectivity index (χ1v) is 9.01. The highest BCUT2D eigenvalue weighted by molar-refractivity contribution is 5.92. The van der Waals surface area contributed by atoms with Gasteiger partial charge in [0.2, 0.25) is 11.8 Å². The molecule has 0 radical (unpaired) electrons. The number of halogens is 2. The van der Waals surface area contributed by atoms with E-state index in [9.17, 15) is 18.4 Å². The molecule has 27 heavy (non-hydrogen) atoms. The zero-order valence-electron chi connectivity index (χ0n) is 15.2. The molecule has 0 spiro atoms. The molecule has 2 aromatic rings. The number of hydrogen-bond donors (Lipinski definition) is 1. The van der Waals surface area contributed by atoms with Gasteiger partial charge in [-0.25, -0.2) is 8.78 Å². The summed E-state index contributed by atoms with van der Waals surface area (Å²) in [6.07, 6.45) is 1.45. The second-order valence-electron chi connectivity index (χ2n) is 6.94. The van der Waals surface area contributed by atoms with Crippen molar-refractivity contribution >= 4 is 17.5 Å². The van der Waals surface area contributed by atoms with E-state index < -0.39 is 11.6 Å². The van der Waals surface area contributed by atoms with Crippen LogP contribution < -0.4 is 5.32 Å². The maximum atomic E-state index is 13.2. The van der Waals surface area contributed by atoms with Crippen LogP contribution in [0.2, 0.25) is 0 Å². The van der Waals surface area contributed by atoms with Crippen molar-refractivity contribution in [2.75, 3.05) is 18.4 Å². The number of rotatable bonds is 4. The normalized spacial score (nSPS) is 14.9. The van der Waals surface area contributed by atoms with E-state index in [1.165, 1.54) is 6.07 Å². The van der Waals surface area contributed by atoms with Gasteiger partial charge in [0, 0.05) is 30.8 Å². The van der Waals surface area contributed by atoms with E-state index in [1.54, 1.807) is 4.90 Å². The highest BCUT2D eigenvalue weighted by atomic mass is 19.2. The molecule has 142 valence electrons. The van der Waals surface area contributed by atoms with Gasteiger partial charge in [0.1, 0.15) is 0 Å². The SMILES string of the molecule is Cc1ccc(CC(=O)N2CCC(C(=O)Nc3ccc(F)c(F)c3)CC2)cc1. The maximum Gasteiger partial charge on any atom is 0.227 e. The third kappa shape index (κ3) is 4.90. The lowest BCUT2D eigenvalue weighted by molar-refractivity contribution is -0.133. The molecule has 1 heterocycles. The Labute approximate surface area is 157 Å². The quantitative estimate of drug-likeness (QED) is 0.890. The number of nitrogens with one attached hydrogen (secondary N) is 1. The van der Waals surface area contributed by atoms with E-state index in [0.717, 1.165) is 23.3 Å². The molecular formula is C21H22F2N2O2. The van der Waals surface area contributed by atoms with Crippen molar-refractivity contribution in [3.63, 3.8) is 0 Å². The third-order valence-corrected chi connectivity index (χ3v) is 4.88. The minimum Gasteiger partial charge on any atom is -0.342 e.